The van der Waals surface area contributed by atoms with Crippen LogP contribution in [0.25, 0.3) is 33.1 Å². The molecule has 3 aliphatic rings. The van der Waals surface area contributed by atoms with Crippen molar-refractivity contribution in [3.63, 3.8) is 0 Å². The molecule has 5 heterocycles. The molecule has 0 bridgehead atoms. The van der Waals surface area contributed by atoms with Gasteiger partial charge in [-0.2, -0.15) is 9.97 Å². The lowest BCUT2D eigenvalue weighted by Crippen LogP contribution is -2.63. The number of benzene rings is 2. The number of fused-ring (bicyclic) bond motifs is 3. The molecular weight excluding hydrogens is 524 g/mol. The highest BCUT2D eigenvalue weighted by molar-refractivity contribution is 6.36. The van der Waals surface area contributed by atoms with Gasteiger partial charge in [0.25, 0.3) is 0 Å². The van der Waals surface area contributed by atoms with Crippen LogP contribution in [0.15, 0.2) is 61.2 Å². The third-order valence-corrected chi connectivity index (χ3v) is 9.06. The van der Waals surface area contributed by atoms with E-state index in [1.165, 1.54) is 12.5 Å². The number of ether oxygens (including phenoxy) is 1. The first kappa shape index (κ1) is 25.2. The minimum Gasteiger partial charge on any atom is -0.462 e. The Labute approximate surface area is 238 Å². The lowest BCUT2D eigenvalue weighted by Gasteiger charge is -2.47. The number of carbonyl (C=O) groups is 1. The highest BCUT2D eigenvalue weighted by atomic mass is 35.5. The molecule has 3 unspecified atom stereocenters. The molecule has 0 radical (unpaired) electrons. The Morgan fingerprint density at radius 3 is 2.73 bits per heavy atom. The van der Waals surface area contributed by atoms with Crippen LogP contribution in [0.5, 0.6) is 6.01 Å². The van der Waals surface area contributed by atoms with Crippen molar-refractivity contribution in [1.29, 1.82) is 0 Å². The standard InChI is InChI=1S/C31H31ClN6O2/c1-3-27(39)37-16-14-25-26(37)17-38(25)30-22-12-13-24(21-10-4-7-19-8-5-11-23(32)28(19)21)33-29(22)34-31(35-30)40-18-20-9-6-15-36(20)2/h3-5,7-8,10-13,20,25-26H,1,6,9,14-18H2,2H3. The quantitative estimate of drug-likeness (QED) is 0.312. The van der Waals surface area contributed by atoms with E-state index >= 15 is 0 Å². The third-order valence-electron chi connectivity index (χ3n) is 8.75. The van der Waals surface area contributed by atoms with Crippen LogP contribution in [0.1, 0.15) is 19.3 Å². The fourth-order valence-electron chi connectivity index (χ4n) is 6.53. The summed E-state index contributed by atoms with van der Waals surface area (Å²) in [4.78, 5) is 33.6. The average Bonchev–Trinajstić information content (AvgIpc) is 3.52. The number of halogens is 1. The summed E-state index contributed by atoms with van der Waals surface area (Å²) in [6.07, 6.45) is 4.56. The molecule has 0 N–H and O–H groups in total. The maximum atomic E-state index is 12.4. The van der Waals surface area contributed by atoms with Crippen LogP contribution in [-0.4, -0.2) is 82.1 Å². The van der Waals surface area contributed by atoms with E-state index in [9.17, 15) is 4.79 Å². The second-order valence-electron chi connectivity index (χ2n) is 10.9. The fraction of sp³-hybridized carbons (Fsp3) is 0.355. The lowest BCUT2D eigenvalue weighted by atomic mass is 9.96. The molecule has 3 atom stereocenters. The lowest BCUT2D eigenvalue weighted by molar-refractivity contribution is -0.127. The van der Waals surface area contributed by atoms with Crippen LogP contribution < -0.4 is 9.64 Å². The third kappa shape index (κ3) is 4.17. The topological polar surface area (TPSA) is 74.7 Å². The number of carbonyl (C=O) groups excluding carboxylic acids is 1. The van der Waals surface area contributed by atoms with E-state index in [1.807, 2.05) is 41.3 Å². The van der Waals surface area contributed by atoms with Gasteiger partial charge >= 0.3 is 6.01 Å². The van der Waals surface area contributed by atoms with Crippen LogP contribution in [0.4, 0.5) is 5.82 Å². The van der Waals surface area contributed by atoms with Crippen LogP contribution >= 0.6 is 11.6 Å². The Morgan fingerprint density at radius 2 is 1.93 bits per heavy atom. The molecule has 1 amide bonds. The molecule has 4 aromatic rings. The zero-order chi connectivity index (χ0) is 27.4. The van der Waals surface area contributed by atoms with Crippen molar-refractivity contribution < 1.29 is 9.53 Å². The van der Waals surface area contributed by atoms with Crippen molar-refractivity contribution in [2.45, 2.75) is 37.4 Å². The van der Waals surface area contributed by atoms with Gasteiger partial charge in [0.2, 0.25) is 5.91 Å². The molecule has 0 spiro atoms. The summed E-state index contributed by atoms with van der Waals surface area (Å²) >= 11 is 6.64. The summed E-state index contributed by atoms with van der Waals surface area (Å²) in [5, 5.41) is 3.59. The van der Waals surface area contributed by atoms with Gasteiger partial charge in [-0.25, -0.2) is 4.98 Å². The highest BCUT2D eigenvalue weighted by Gasteiger charge is 2.49. The Kier molecular flexibility index (Phi) is 6.32. The second kappa shape index (κ2) is 10.0. The molecule has 3 saturated heterocycles. The maximum absolute atomic E-state index is 12.4. The van der Waals surface area contributed by atoms with Crippen LogP contribution in [0.2, 0.25) is 5.02 Å². The van der Waals surface area contributed by atoms with Gasteiger partial charge in [0.15, 0.2) is 5.65 Å². The minimum absolute atomic E-state index is 0.00976. The summed E-state index contributed by atoms with van der Waals surface area (Å²) in [6, 6.07) is 17.2. The number of aromatic nitrogens is 3. The molecule has 40 heavy (non-hydrogen) atoms. The van der Waals surface area contributed by atoms with Gasteiger partial charge in [0.1, 0.15) is 12.4 Å². The van der Waals surface area contributed by atoms with Gasteiger partial charge in [-0.3, -0.25) is 4.79 Å². The number of rotatable bonds is 6. The van der Waals surface area contributed by atoms with Gasteiger partial charge in [-0.1, -0.05) is 48.5 Å². The van der Waals surface area contributed by atoms with E-state index < -0.39 is 0 Å². The SMILES string of the molecule is C=CC(=O)N1CCC2C1CN2c1nc(OCC2CCCN2C)nc2nc(-c3cccc4cccc(Cl)c34)ccc12. The molecule has 2 aromatic carbocycles. The minimum atomic E-state index is -0.00976. The second-order valence-corrected chi connectivity index (χ2v) is 11.3. The number of likely N-dealkylation sites (tertiary alicyclic amines) is 2. The summed E-state index contributed by atoms with van der Waals surface area (Å²) in [6.45, 7) is 6.72. The molecular formula is C31H31ClN6O2. The molecule has 0 saturated carbocycles. The van der Waals surface area contributed by atoms with Gasteiger partial charge in [-0.15, -0.1) is 0 Å². The number of anilines is 1. The highest BCUT2D eigenvalue weighted by Crippen LogP contribution is 2.40. The molecule has 7 rings (SSSR count). The molecule has 8 nitrogen and oxygen atoms in total. The van der Waals surface area contributed by atoms with E-state index in [4.69, 9.17) is 31.3 Å². The first-order valence-electron chi connectivity index (χ1n) is 13.9. The van der Waals surface area contributed by atoms with Crippen LogP contribution in [-0.2, 0) is 4.79 Å². The fourth-order valence-corrected chi connectivity index (χ4v) is 6.82. The largest absolute Gasteiger partial charge is 0.462 e. The zero-order valence-electron chi connectivity index (χ0n) is 22.5. The monoisotopic (exact) mass is 554 g/mol. The number of hydrogen-bond acceptors (Lipinski definition) is 7. The average molecular weight is 555 g/mol. The Balaban J connectivity index is 1.29. The normalized spacial score (nSPS) is 22.5. The molecule has 9 heteroatoms. The van der Waals surface area contributed by atoms with Gasteiger partial charge in [0, 0.05) is 35.1 Å². The summed E-state index contributed by atoms with van der Waals surface area (Å²) in [7, 11) is 2.13. The van der Waals surface area contributed by atoms with Gasteiger partial charge < -0.3 is 19.4 Å². The Bertz CT molecular complexity index is 1640. The molecule has 3 fully saturated rings. The molecule has 204 valence electrons. The molecule has 2 aromatic heterocycles. The van der Waals surface area contributed by atoms with E-state index in [-0.39, 0.29) is 18.0 Å². The predicted octanol–water partition coefficient (Wildman–Crippen LogP) is 4.95. The summed E-state index contributed by atoms with van der Waals surface area (Å²) in [5.41, 5.74) is 2.34. The number of pyridine rings is 1. The number of hydrogen-bond donors (Lipinski definition) is 0. The van der Waals surface area contributed by atoms with E-state index in [1.54, 1.807) is 0 Å². The number of amides is 1. The summed E-state index contributed by atoms with van der Waals surface area (Å²) in [5.74, 6) is 0.799. The van der Waals surface area contributed by atoms with Gasteiger partial charge in [0.05, 0.1) is 23.2 Å². The van der Waals surface area contributed by atoms with Crippen molar-refractivity contribution in [2.75, 3.05) is 38.2 Å². The Morgan fingerprint density at radius 1 is 1.07 bits per heavy atom. The van der Waals surface area contributed by atoms with Crippen molar-refractivity contribution in [1.82, 2.24) is 24.8 Å². The van der Waals surface area contributed by atoms with E-state index in [2.05, 4.69) is 35.6 Å². The Hall–Kier alpha value is -3.75. The first-order chi connectivity index (χ1) is 19.5. The van der Waals surface area contributed by atoms with Crippen molar-refractivity contribution in [3.8, 4) is 17.3 Å². The maximum Gasteiger partial charge on any atom is 0.320 e. The molecule has 0 aliphatic carbocycles. The smallest absolute Gasteiger partial charge is 0.320 e. The van der Waals surface area contributed by atoms with Crippen molar-refractivity contribution in [2.24, 2.45) is 0 Å². The van der Waals surface area contributed by atoms with Gasteiger partial charge in [-0.05, 0) is 62.5 Å². The van der Waals surface area contributed by atoms with Crippen LogP contribution in [0, 0.1) is 0 Å². The summed E-state index contributed by atoms with van der Waals surface area (Å²) < 4.78 is 6.22. The first-order valence-corrected chi connectivity index (χ1v) is 14.3. The van der Waals surface area contributed by atoms with E-state index in [0.717, 1.165) is 59.2 Å². The molecule has 3 aliphatic heterocycles. The number of nitrogens with zero attached hydrogens (tertiary/aromatic N) is 6. The van der Waals surface area contributed by atoms with Crippen molar-refractivity contribution in [3.05, 3.63) is 66.2 Å². The number of likely N-dealkylation sites (N-methyl/N-ethyl adjacent to an activating group) is 1. The van der Waals surface area contributed by atoms with Crippen LogP contribution in [0.3, 0.4) is 0 Å². The van der Waals surface area contributed by atoms with Crippen molar-refractivity contribution >= 4 is 45.1 Å². The predicted molar refractivity (Wildman–Crippen MR) is 158 cm³/mol. The zero-order valence-corrected chi connectivity index (χ0v) is 23.2. The van der Waals surface area contributed by atoms with E-state index in [0.29, 0.717) is 35.9 Å².